The molecule has 2 N–H and O–H groups in total. The van der Waals surface area contributed by atoms with Gasteiger partial charge in [-0.3, -0.25) is 0 Å². The number of nitrogens with zero attached hydrogens (tertiary/aromatic N) is 1. The average molecular weight is 305 g/mol. The molecule has 0 heterocycles. The van der Waals surface area contributed by atoms with Gasteiger partial charge in [-0.25, -0.2) is 8.42 Å². The van der Waals surface area contributed by atoms with Crippen LogP contribution in [0.1, 0.15) is 32.8 Å². The summed E-state index contributed by atoms with van der Waals surface area (Å²) >= 11 is 6.06. The maximum absolute atomic E-state index is 12.6. The van der Waals surface area contributed by atoms with Crippen molar-refractivity contribution in [1.82, 2.24) is 4.31 Å². The van der Waals surface area contributed by atoms with Crippen molar-refractivity contribution in [2.24, 2.45) is 0 Å². The monoisotopic (exact) mass is 304 g/mol. The van der Waals surface area contributed by atoms with E-state index in [1.165, 1.54) is 10.4 Å². The zero-order chi connectivity index (χ0) is 15.0. The van der Waals surface area contributed by atoms with E-state index in [1.54, 1.807) is 20.0 Å². The number of hydrogen-bond donors (Lipinski definition) is 1. The first kappa shape index (κ1) is 16.3. The predicted octanol–water partition coefficient (Wildman–Crippen LogP) is 3.04. The third kappa shape index (κ3) is 3.04. The SMILES string of the molecule is CCC(C)(C)N(C)S(=O)(=O)c1cc(N)c(C)cc1Cl. The molecule has 0 aliphatic heterocycles. The fourth-order valence-electron chi connectivity index (χ4n) is 1.56. The largest absolute Gasteiger partial charge is 0.398 e. The van der Waals surface area contributed by atoms with E-state index in [4.69, 9.17) is 17.3 Å². The van der Waals surface area contributed by atoms with Gasteiger partial charge in [-0.1, -0.05) is 18.5 Å². The normalized spacial score (nSPS) is 13.0. The first-order valence-corrected chi connectivity index (χ1v) is 7.90. The van der Waals surface area contributed by atoms with Crippen LogP contribution in [-0.4, -0.2) is 25.3 Å². The van der Waals surface area contributed by atoms with Crippen molar-refractivity contribution in [3.05, 3.63) is 22.7 Å². The van der Waals surface area contributed by atoms with Crippen LogP contribution in [0.2, 0.25) is 5.02 Å². The number of nitrogens with two attached hydrogens (primary N) is 1. The minimum Gasteiger partial charge on any atom is -0.398 e. The predicted molar refractivity (Wildman–Crippen MR) is 79.9 cm³/mol. The summed E-state index contributed by atoms with van der Waals surface area (Å²) in [5, 5.41) is 0.199. The Balaban J connectivity index is 3.40. The molecular formula is C13H21ClN2O2S. The number of rotatable bonds is 4. The summed E-state index contributed by atoms with van der Waals surface area (Å²) < 4.78 is 26.6. The molecule has 0 aliphatic carbocycles. The number of nitrogen functional groups attached to an aromatic ring is 1. The second kappa shape index (κ2) is 5.31. The maximum atomic E-state index is 12.6. The third-order valence-electron chi connectivity index (χ3n) is 3.68. The van der Waals surface area contributed by atoms with Crippen molar-refractivity contribution in [2.45, 2.75) is 44.6 Å². The highest BCUT2D eigenvalue weighted by atomic mass is 35.5. The summed E-state index contributed by atoms with van der Waals surface area (Å²) in [6.07, 6.45) is 0.696. The summed E-state index contributed by atoms with van der Waals surface area (Å²) in [4.78, 5) is 0.0568. The molecule has 6 heteroatoms. The van der Waals surface area contributed by atoms with Gasteiger partial charge >= 0.3 is 0 Å². The Bertz CT molecular complexity index is 583. The second-order valence-electron chi connectivity index (χ2n) is 5.28. The van der Waals surface area contributed by atoms with Crippen molar-refractivity contribution >= 4 is 27.3 Å². The molecule has 0 atom stereocenters. The summed E-state index contributed by atoms with van der Waals surface area (Å²) in [6.45, 7) is 7.47. The molecule has 0 radical (unpaired) electrons. The number of sulfonamides is 1. The van der Waals surface area contributed by atoms with E-state index in [1.807, 2.05) is 20.8 Å². The van der Waals surface area contributed by atoms with Crippen molar-refractivity contribution < 1.29 is 8.42 Å². The Morgan fingerprint density at radius 2 is 1.89 bits per heavy atom. The summed E-state index contributed by atoms with van der Waals surface area (Å²) in [6, 6.07) is 3.01. The first-order valence-electron chi connectivity index (χ1n) is 6.08. The van der Waals surface area contributed by atoms with E-state index in [-0.39, 0.29) is 9.92 Å². The number of halogens is 1. The van der Waals surface area contributed by atoms with Crippen LogP contribution in [0, 0.1) is 6.92 Å². The van der Waals surface area contributed by atoms with Crippen molar-refractivity contribution in [1.29, 1.82) is 0 Å². The number of benzene rings is 1. The van der Waals surface area contributed by atoms with Crippen LogP contribution >= 0.6 is 11.6 Å². The summed E-state index contributed by atoms with van der Waals surface area (Å²) in [7, 11) is -2.10. The van der Waals surface area contributed by atoms with E-state index >= 15 is 0 Å². The van der Waals surface area contributed by atoms with Gasteiger partial charge in [0, 0.05) is 18.3 Å². The number of anilines is 1. The minimum atomic E-state index is -3.66. The van der Waals surface area contributed by atoms with Gasteiger partial charge in [-0.05, 0) is 44.9 Å². The molecule has 0 aliphatic rings. The van der Waals surface area contributed by atoms with Gasteiger partial charge in [0.15, 0.2) is 0 Å². The van der Waals surface area contributed by atoms with Crippen LogP contribution in [0.4, 0.5) is 5.69 Å². The Morgan fingerprint density at radius 3 is 2.37 bits per heavy atom. The Labute approximate surface area is 120 Å². The van der Waals surface area contributed by atoms with E-state index in [0.717, 1.165) is 5.56 Å². The minimum absolute atomic E-state index is 0.0568. The molecule has 19 heavy (non-hydrogen) atoms. The molecule has 1 rings (SSSR count). The summed E-state index contributed by atoms with van der Waals surface area (Å²) in [5.74, 6) is 0. The molecular weight excluding hydrogens is 284 g/mol. The highest BCUT2D eigenvalue weighted by Gasteiger charge is 2.34. The van der Waals surface area contributed by atoms with Crippen molar-refractivity contribution in [3.8, 4) is 0 Å². The average Bonchev–Trinajstić information content (AvgIpc) is 2.32. The van der Waals surface area contributed by atoms with Crippen molar-refractivity contribution in [3.63, 3.8) is 0 Å². The Morgan fingerprint density at radius 1 is 1.37 bits per heavy atom. The molecule has 0 saturated heterocycles. The zero-order valence-corrected chi connectivity index (χ0v) is 13.6. The van der Waals surface area contributed by atoms with E-state index in [0.29, 0.717) is 12.1 Å². The van der Waals surface area contributed by atoms with Gasteiger partial charge in [0.25, 0.3) is 0 Å². The first-order chi connectivity index (χ1) is 8.54. The third-order valence-corrected chi connectivity index (χ3v) is 6.21. The lowest BCUT2D eigenvalue weighted by Crippen LogP contribution is -2.44. The highest BCUT2D eigenvalue weighted by Crippen LogP contribution is 2.32. The standard InChI is InChI=1S/C13H21ClN2O2S/c1-6-13(3,4)16(5)19(17,18)12-8-11(15)9(2)7-10(12)14/h7-8H,6,15H2,1-5H3. The van der Waals surface area contributed by atoms with Crippen LogP contribution < -0.4 is 5.73 Å². The molecule has 0 unspecified atom stereocenters. The van der Waals surface area contributed by atoms with Crippen LogP contribution in [-0.2, 0) is 10.0 Å². The molecule has 0 bridgehead atoms. The molecule has 0 amide bonds. The van der Waals surface area contributed by atoms with Crippen molar-refractivity contribution in [2.75, 3.05) is 12.8 Å². The lowest BCUT2D eigenvalue weighted by atomic mass is 10.0. The molecule has 0 saturated carbocycles. The Kier molecular flexibility index (Phi) is 4.55. The molecule has 4 nitrogen and oxygen atoms in total. The quantitative estimate of drug-likeness (QED) is 0.870. The molecule has 0 aromatic heterocycles. The van der Waals surface area contributed by atoms with Crippen LogP contribution in [0.5, 0.6) is 0 Å². The van der Waals surface area contributed by atoms with Gasteiger partial charge in [0.05, 0.1) is 5.02 Å². The van der Waals surface area contributed by atoms with E-state index in [9.17, 15) is 8.42 Å². The fourth-order valence-corrected chi connectivity index (χ4v) is 3.73. The highest BCUT2D eigenvalue weighted by molar-refractivity contribution is 7.89. The lowest BCUT2D eigenvalue weighted by molar-refractivity contribution is 0.257. The van der Waals surface area contributed by atoms with Gasteiger partial charge < -0.3 is 5.73 Å². The number of hydrogen-bond acceptors (Lipinski definition) is 3. The Hall–Kier alpha value is -0.780. The topological polar surface area (TPSA) is 63.4 Å². The molecule has 1 aromatic rings. The lowest BCUT2D eigenvalue weighted by Gasteiger charge is -2.34. The van der Waals surface area contributed by atoms with Crippen LogP contribution in [0.25, 0.3) is 0 Å². The van der Waals surface area contributed by atoms with E-state index < -0.39 is 15.6 Å². The zero-order valence-electron chi connectivity index (χ0n) is 12.0. The molecule has 108 valence electrons. The molecule has 0 spiro atoms. The van der Waals surface area contributed by atoms with Gasteiger partial charge in [-0.2, -0.15) is 4.31 Å². The van der Waals surface area contributed by atoms with Gasteiger partial charge in [0.2, 0.25) is 10.0 Å². The number of aryl methyl sites for hydroxylation is 1. The molecule has 0 fully saturated rings. The second-order valence-corrected chi connectivity index (χ2v) is 7.62. The molecule has 1 aromatic carbocycles. The fraction of sp³-hybridized carbons (Fsp3) is 0.538. The maximum Gasteiger partial charge on any atom is 0.244 e. The van der Waals surface area contributed by atoms with Crippen LogP contribution in [0.15, 0.2) is 17.0 Å². The smallest absolute Gasteiger partial charge is 0.244 e. The van der Waals surface area contributed by atoms with Gasteiger partial charge in [0.1, 0.15) is 4.90 Å². The van der Waals surface area contributed by atoms with Crippen LogP contribution in [0.3, 0.4) is 0 Å². The summed E-state index contributed by atoms with van der Waals surface area (Å²) in [5.41, 5.74) is 6.49. The van der Waals surface area contributed by atoms with Gasteiger partial charge in [-0.15, -0.1) is 0 Å². The van der Waals surface area contributed by atoms with E-state index in [2.05, 4.69) is 0 Å².